The van der Waals surface area contributed by atoms with Crippen molar-refractivity contribution in [2.45, 2.75) is 90.3 Å². The summed E-state index contributed by atoms with van der Waals surface area (Å²) in [6.45, 7) is 4.39. The van der Waals surface area contributed by atoms with Gasteiger partial charge in [-0.1, -0.05) is 74.6 Å². The summed E-state index contributed by atoms with van der Waals surface area (Å²) >= 11 is 0. The highest BCUT2D eigenvalue weighted by Crippen LogP contribution is 2.38. The average molecular weight is 543 g/mol. The molecular formula is C33H38F4O2. The van der Waals surface area contributed by atoms with Crippen LogP contribution in [0.3, 0.4) is 0 Å². The van der Waals surface area contributed by atoms with Crippen LogP contribution in [0.25, 0.3) is 11.1 Å². The topological polar surface area (TPSA) is 18.5 Å². The van der Waals surface area contributed by atoms with Gasteiger partial charge in [-0.2, -0.15) is 4.39 Å². The van der Waals surface area contributed by atoms with Crippen LogP contribution < -0.4 is 4.74 Å². The summed E-state index contributed by atoms with van der Waals surface area (Å²) < 4.78 is 70.4. The van der Waals surface area contributed by atoms with Crippen molar-refractivity contribution in [3.63, 3.8) is 0 Å². The van der Waals surface area contributed by atoms with Gasteiger partial charge >= 0.3 is 0 Å². The maximum absolute atomic E-state index is 15.0. The lowest BCUT2D eigenvalue weighted by Gasteiger charge is -2.29. The highest BCUT2D eigenvalue weighted by atomic mass is 19.2. The van der Waals surface area contributed by atoms with Crippen molar-refractivity contribution in [1.82, 2.24) is 0 Å². The lowest BCUT2D eigenvalue weighted by molar-refractivity contribution is 0.0116. The van der Waals surface area contributed by atoms with Crippen LogP contribution in [-0.2, 0) is 11.3 Å². The van der Waals surface area contributed by atoms with Crippen LogP contribution >= 0.6 is 0 Å². The van der Waals surface area contributed by atoms with Crippen molar-refractivity contribution in [2.75, 3.05) is 6.61 Å². The van der Waals surface area contributed by atoms with E-state index in [0.717, 1.165) is 37.7 Å². The van der Waals surface area contributed by atoms with E-state index in [-0.39, 0.29) is 35.5 Å². The molecule has 2 nitrogen and oxygen atoms in total. The lowest BCUT2D eigenvalue weighted by atomic mass is 9.82. The molecule has 0 heterocycles. The van der Waals surface area contributed by atoms with Crippen LogP contribution in [0.15, 0.2) is 48.5 Å². The van der Waals surface area contributed by atoms with Crippen molar-refractivity contribution in [3.05, 3.63) is 88.5 Å². The molecule has 0 amide bonds. The second-order valence-corrected chi connectivity index (χ2v) is 10.6. The van der Waals surface area contributed by atoms with Gasteiger partial charge in [0.05, 0.1) is 19.3 Å². The van der Waals surface area contributed by atoms with Crippen molar-refractivity contribution in [3.8, 4) is 16.9 Å². The molecule has 39 heavy (non-hydrogen) atoms. The Morgan fingerprint density at radius 3 is 2.15 bits per heavy atom. The zero-order chi connectivity index (χ0) is 27.8. The first-order valence-corrected chi connectivity index (χ1v) is 14.1. The van der Waals surface area contributed by atoms with E-state index < -0.39 is 23.3 Å². The van der Waals surface area contributed by atoms with E-state index in [1.54, 1.807) is 24.3 Å². The maximum atomic E-state index is 15.0. The van der Waals surface area contributed by atoms with Crippen LogP contribution in [0, 0.1) is 30.2 Å². The first kappa shape index (κ1) is 29.1. The monoisotopic (exact) mass is 542 g/mol. The van der Waals surface area contributed by atoms with E-state index in [9.17, 15) is 13.2 Å². The molecule has 6 heteroatoms. The van der Waals surface area contributed by atoms with Gasteiger partial charge < -0.3 is 9.47 Å². The first-order chi connectivity index (χ1) is 18.9. The number of rotatable bonds is 12. The van der Waals surface area contributed by atoms with Crippen LogP contribution in [0.1, 0.15) is 87.3 Å². The van der Waals surface area contributed by atoms with Gasteiger partial charge in [-0.25, -0.2) is 13.2 Å². The molecular weight excluding hydrogens is 504 g/mol. The summed E-state index contributed by atoms with van der Waals surface area (Å²) in [5, 5.41) is 0. The number of benzene rings is 3. The Balaban J connectivity index is 1.28. The number of halogens is 4. The third-order valence-corrected chi connectivity index (χ3v) is 7.70. The van der Waals surface area contributed by atoms with Crippen LogP contribution in [0.5, 0.6) is 5.75 Å². The predicted octanol–water partition coefficient (Wildman–Crippen LogP) is 9.81. The van der Waals surface area contributed by atoms with E-state index in [1.165, 1.54) is 12.1 Å². The predicted molar refractivity (Wildman–Crippen MR) is 147 cm³/mol. The highest BCUT2D eigenvalue weighted by molar-refractivity contribution is 5.65. The molecule has 0 N–H and O–H groups in total. The molecule has 210 valence electrons. The fourth-order valence-electron chi connectivity index (χ4n) is 5.27. The highest BCUT2D eigenvalue weighted by Gasteiger charge is 2.27. The zero-order valence-corrected chi connectivity index (χ0v) is 22.9. The fourth-order valence-corrected chi connectivity index (χ4v) is 5.27. The summed E-state index contributed by atoms with van der Waals surface area (Å²) in [5.74, 6) is -3.73. The molecule has 1 fully saturated rings. The quantitative estimate of drug-likeness (QED) is 0.167. The second-order valence-electron chi connectivity index (χ2n) is 10.6. The summed E-state index contributed by atoms with van der Waals surface area (Å²) in [4.78, 5) is 0. The molecule has 1 aliphatic carbocycles. The van der Waals surface area contributed by atoms with Gasteiger partial charge in [-0.15, -0.1) is 0 Å². The summed E-state index contributed by atoms with van der Waals surface area (Å²) in [6, 6.07) is 13.6. The Kier molecular flexibility index (Phi) is 10.4. The summed E-state index contributed by atoms with van der Waals surface area (Å²) in [5.41, 5.74) is 2.48. The first-order valence-electron chi connectivity index (χ1n) is 14.1. The van der Waals surface area contributed by atoms with Crippen LogP contribution in [0.4, 0.5) is 17.6 Å². The third-order valence-electron chi connectivity index (χ3n) is 7.70. The molecule has 0 aliphatic heterocycles. The van der Waals surface area contributed by atoms with E-state index in [1.807, 2.05) is 19.1 Å². The Morgan fingerprint density at radius 1 is 0.718 bits per heavy atom. The molecule has 1 aliphatic rings. The van der Waals surface area contributed by atoms with E-state index in [2.05, 4.69) is 6.92 Å². The molecule has 0 aromatic heterocycles. The smallest absolute Gasteiger partial charge is 0.200 e. The second kappa shape index (κ2) is 14.0. The van der Waals surface area contributed by atoms with Crippen molar-refractivity contribution in [2.24, 2.45) is 0 Å². The minimum atomic E-state index is -0.986. The molecule has 0 spiro atoms. The molecule has 0 atom stereocenters. The average Bonchev–Trinajstić information content (AvgIpc) is 2.95. The van der Waals surface area contributed by atoms with Gasteiger partial charge in [-0.3, -0.25) is 0 Å². The van der Waals surface area contributed by atoms with Gasteiger partial charge in [0.1, 0.15) is 0 Å². The van der Waals surface area contributed by atoms with Gasteiger partial charge in [0.2, 0.25) is 5.82 Å². The van der Waals surface area contributed by atoms with E-state index >= 15 is 4.39 Å². The molecule has 4 rings (SSSR count). The molecule has 0 bridgehead atoms. The number of hydrogen-bond donors (Lipinski definition) is 0. The lowest BCUT2D eigenvalue weighted by Crippen LogP contribution is -2.21. The van der Waals surface area contributed by atoms with Gasteiger partial charge in [-0.05, 0) is 68.2 Å². The summed E-state index contributed by atoms with van der Waals surface area (Å²) in [6.07, 6.45) is 7.62. The maximum Gasteiger partial charge on any atom is 0.200 e. The Morgan fingerprint density at radius 2 is 1.44 bits per heavy atom. The van der Waals surface area contributed by atoms with Gasteiger partial charge in [0, 0.05) is 11.1 Å². The molecule has 1 saturated carbocycles. The van der Waals surface area contributed by atoms with E-state index in [4.69, 9.17) is 9.47 Å². The number of ether oxygens (including phenoxy) is 2. The molecule has 0 unspecified atom stereocenters. The largest absolute Gasteiger partial charge is 0.490 e. The standard InChI is InChI=1S/C33H38F4O2/c1-3-4-5-6-7-20-38-29-19-14-25(30(34)33(29)37)21-39-26-15-12-24(13-16-26)28-18-17-27(31(35)32(28)36)23-10-8-22(2)9-11-23/h8-11,14,17-19,24,26H,3-7,12-13,15-16,20-21H2,1-2H3. The van der Waals surface area contributed by atoms with Crippen molar-refractivity contribution < 1.29 is 27.0 Å². The minimum Gasteiger partial charge on any atom is -0.490 e. The Labute approximate surface area is 229 Å². The number of unbranched alkanes of at least 4 members (excludes halogenated alkanes) is 4. The third kappa shape index (κ3) is 7.42. The number of hydrogen-bond acceptors (Lipinski definition) is 2. The van der Waals surface area contributed by atoms with Gasteiger partial charge in [0.25, 0.3) is 0 Å². The van der Waals surface area contributed by atoms with E-state index in [0.29, 0.717) is 43.4 Å². The number of aryl methyl sites for hydroxylation is 1. The minimum absolute atomic E-state index is 0.0520. The zero-order valence-electron chi connectivity index (χ0n) is 22.9. The fraction of sp³-hybridized carbons (Fsp3) is 0.455. The van der Waals surface area contributed by atoms with Crippen molar-refractivity contribution >= 4 is 0 Å². The summed E-state index contributed by atoms with van der Waals surface area (Å²) in [7, 11) is 0. The molecule has 0 saturated heterocycles. The van der Waals surface area contributed by atoms with Crippen LogP contribution in [-0.4, -0.2) is 12.7 Å². The van der Waals surface area contributed by atoms with Crippen molar-refractivity contribution in [1.29, 1.82) is 0 Å². The molecule has 3 aromatic rings. The van der Waals surface area contributed by atoms with Gasteiger partial charge in [0.15, 0.2) is 23.2 Å². The Bertz CT molecular complexity index is 1220. The molecule has 0 radical (unpaired) electrons. The Hall–Kier alpha value is -2.86. The normalized spacial score (nSPS) is 17.4. The van der Waals surface area contributed by atoms with Crippen LogP contribution in [0.2, 0.25) is 0 Å². The SMILES string of the molecule is CCCCCCCOc1ccc(COC2CCC(c3ccc(-c4ccc(C)cc4)c(F)c3F)CC2)c(F)c1F. The molecule has 3 aromatic carbocycles.